The van der Waals surface area contributed by atoms with E-state index < -0.39 is 10.8 Å². The first-order valence-electron chi connectivity index (χ1n) is 8.14. The lowest BCUT2D eigenvalue weighted by molar-refractivity contribution is -0.384. The Bertz CT molecular complexity index is 915. The van der Waals surface area contributed by atoms with Gasteiger partial charge in [-0.3, -0.25) is 25.8 Å². The van der Waals surface area contributed by atoms with E-state index in [4.69, 9.17) is 0 Å². The average Bonchev–Trinajstić information content (AvgIpc) is 3.19. The van der Waals surface area contributed by atoms with Gasteiger partial charge in [0.15, 0.2) is 0 Å². The fourth-order valence-corrected chi connectivity index (χ4v) is 3.42. The summed E-state index contributed by atoms with van der Waals surface area (Å²) in [7, 11) is 0. The molecule has 7 heteroatoms. The average molecular weight is 379 g/mol. The number of nitro groups is 1. The van der Waals surface area contributed by atoms with Gasteiger partial charge in [0.1, 0.15) is 0 Å². The standard InChI is InChI=1S/C20H17N3O3S/c1-14(18-12-17(13-27-18)23(25)26)21-22-20(24)19(15-8-4-2-5-9-15)16-10-6-3-7-11-16/h2-13,19,21H,1H2,(H,22,24). The molecule has 2 N–H and O–H groups in total. The minimum Gasteiger partial charge on any atom is -0.298 e. The molecule has 0 aliphatic heterocycles. The third-order valence-electron chi connectivity index (χ3n) is 3.96. The summed E-state index contributed by atoms with van der Waals surface area (Å²) < 4.78 is 0. The first kappa shape index (κ1) is 18.3. The first-order chi connectivity index (χ1) is 13.1. The summed E-state index contributed by atoms with van der Waals surface area (Å²) in [5.74, 6) is -0.745. The van der Waals surface area contributed by atoms with Gasteiger partial charge in [0.05, 0.1) is 26.8 Å². The molecule has 0 fully saturated rings. The molecule has 136 valence electrons. The molecule has 0 radical (unpaired) electrons. The summed E-state index contributed by atoms with van der Waals surface area (Å²) in [6, 6.07) is 20.3. The molecule has 1 amide bonds. The summed E-state index contributed by atoms with van der Waals surface area (Å²) in [6.45, 7) is 3.84. The number of thiophene rings is 1. The van der Waals surface area contributed by atoms with E-state index in [-0.39, 0.29) is 11.6 Å². The molecule has 0 unspecified atom stereocenters. The molecule has 2 aromatic carbocycles. The van der Waals surface area contributed by atoms with Crippen molar-refractivity contribution in [1.82, 2.24) is 10.9 Å². The van der Waals surface area contributed by atoms with Crippen molar-refractivity contribution in [1.29, 1.82) is 0 Å². The Morgan fingerprint density at radius 3 is 2.04 bits per heavy atom. The first-order valence-corrected chi connectivity index (χ1v) is 9.02. The van der Waals surface area contributed by atoms with Crippen LogP contribution in [0, 0.1) is 10.1 Å². The van der Waals surface area contributed by atoms with Gasteiger partial charge in [0, 0.05) is 6.07 Å². The van der Waals surface area contributed by atoms with Crippen LogP contribution in [0.5, 0.6) is 0 Å². The van der Waals surface area contributed by atoms with E-state index in [0.29, 0.717) is 10.6 Å². The number of nitrogens with zero attached hydrogens (tertiary/aromatic N) is 1. The highest BCUT2D eigenvalue weighted by Gasteiger charge is 2.22. The quantitative estimate of drug-likeness (QED) is 0.478. The van der Waals surface area contributed by atoms with E-state index in [2.05, 4.69) is 17.4 Å². The van der Waals surface area contributed by atoms with Gasteiger partial charge in [-0.05, 0) is 11.1 Å². The number of hydrogen-bond donors (Lipinski definition) is 2. The van der Waals surface area contributed by atoms with Crippen molar-refractivity contribution in [3.05, 3.63) is 105 Å². The predicted molar refractivity (Wildman–Crippen MR) is 106 cm³/mol. The third kappa shape index (κ3) is 4.39. The lowest BCUT2D eigenvalue weighted by Gasteiger charge is -2.19. The highest BCUT2D eigenvalue weighted by Crippen LogP contribution is 2.26. The number of carbonyl (C=O) groups excluding carboxylic acids is 1. The fourth-order valence-electron chi connectivity index (χ4n) is 2.64. The van der Waals surface area contributed by atoms with Crippen LogP contribution in [0.2, 0.25) is 0 Å². The van der Waals surface area contributed by atoms with Crippen molar-refractivity contribution in [3.63, 3.8) is 0 Å². The Kier molecular flexibility index (Phi) is 5.63. The van der Waals surface area contributed by atoms with E-state index in [9.17, 15) is 14.9 Å². The zero-order valence-corrected chi connectivity index (χ0v) is 15.1. The maximum absolute atomic E-state index is 12.9. The van der Waals surface area contributed by atoms with Crippen LogP contribution in [0.4, 0.5) is 5.69 Å². The van der Waals surface area contributed by atoms with Crippen LogP contribution in [0.15, 0.2) is 78.7 Å². The number of hydrogen-bond acceptors (Lipinski definition) is 5. The summed E-state index contributed by atoms with van der Waals surface area (Å²) in [4.78, 5) is 23.8. The third-order valence-corrected chi connectivity index (χ3v) is 4.94. The molecule has 0 saturated heterocycles. The Balaban J connectivity index is 1.75. The zero-order chi connectivity index (χ0) is 19.2. The largest absolute Gasteiger partial charge is 0.298 e. The molecule has 1 heterocycles. The van der Waals surface area contributed by atoms with E-state index in [1.54, 1.807) is 0 Å². The molecule has 3 rings (SSSR count). The second-order valence-electron chi connectivity index (χ2n) is 5.77. The fraction of sp³-hybridized carbons (Fsp3) is 0.0500. The predicted octanol–water partition coefficient (Wildman–Crippen LogP) is 4.08. The highest BCUT2D eigenvalue weighted by molar-refractivity contribution is 7.11. The Morgan fingerprint density at radius 1 is 1.00 bits per heavy atom. The Labute approximate surface area is 160 Å². The summed E-state index contributed by atoms with van der Waals surface area (Å²) >= 11 is 1.18. The van der Waals surface area contributed by atoms with E-state index in [1.165, 1.54) is 22.8 Å². The second-order valence-corrected chi connectivity index (χ2v) is 6.68. The molecule has 6 nitrogen and oxygen atoms in total. The van der Waals surface area contributed by atoms with E-state index >= 15 is 0 Å². The van der Waals surface area contributed by atoms with Crippen molar-refractivity contribution in [2.45, 2.75) is 5.92 Å². The molecule has 3 aromatic rings. The number of hydrazine groups is 1. The lowest BCUT2D eigenvalue weighted by Crippen LogP contribution is -2.39. The van der Waals surface area contributed by atoms with Gasteiger partial charge in [-0.25, -0.2) is 0 Å². The summed E-state index contributed by atoms with van der Waals surface area (Å²) in [6.07, 6.45) is 0. The molecule has 0 aliphatic carbocycles. The van der Waals surface area contributed by atoms with Gasteiger partial charge < -0.3 is 0 Å². The normalized spacial score (nSPS) is 10.4. The molecule has 0 saturated carbocycles. The molecule has 1 aromatic heterocycles. The van der Waals surface area contributed by atoms with Crippen LogP contribution in [0.1, 0.15) is 21.9 Å². The van der Waals surface area contributed by atoms with E-state index in [1.807, 2.05) is 60.7 Å². The van der Waals surface area contributed by atoms with Crippen LogP contribution in [-0.2, 0) is 4.79 Å². The van der Waals surface area contributed by atoms with Crippen molar-refractivity contribution >= 4 is 28.6 Å². The van der Waals surface area contributed by atoms with Crippen LogP contribution in [0.25, 0.3) is 5.70 Å². The highest BCUT2D eigenvalue weighted by atomic mass is 32.1. The Morgan fingerprint density at radius 2 is 1.56 bits per heavy atom. The number of nitrogens with one attached hydrogen (secondary N) is 2. The van der Waals surface area contributed by atoms with Gasteiger partial charge in [-0.15, -0.1) is 11.3 Å². The monoisotopic (exact) mass is 379 g/mol. The maximum Gasteiger partial charge on any atom is 0.280 e. The molecular weight excluding hydrogens is 362 g/mol. The maximum atomic E-state index is 12.9. The zero-order valence-electron chi connectivity index (χ0n) is 14.3. The van der Waals surface area contributed by atoms with Gasteiger partial charge in [-0.1, -0.05) is 67.2 Å². The van der Waals surface area contributed by atoms with Crippen LogP contribution in [-0.4, -0.2) is 10.8 Å². The topological polar surface area (TPSA) is 84.3 Å². The minimum absolute atomic E-state index is 0.00396. The van der Waals surface area contributed by atoms with Gasteiger partial charge in [-0.2, -0.15) is 0 Å². The van der Waals surface area contributed by atoms with Crippen molar-refractivity contribution in [2.24, 2.45) is 0 Å². The lowest BCUT2D eigenvalue weighted by atomic mass is 9.91. The number of benzene rings is 2. The number of rotatable bonds is 7. The van der Waals surface area contributed by atoms with Crippen LogP contribution >= 0.6 is 11.3 Å². The Hall–Kier alpha value is -3.45. The second kappa shape index (κ2) is 8.29. The molecule has 27 heavy (non-hydrogen) atoms. The van der Waals surface area contributed by atoms with Crippen LogP contribution in [0.3, 0.4) is 0 Å². The SMILES string of the molecule is C=C(NNC(=O)C(c1ccccc1)c1ccccc1)c1cc([N+](=O)[O-])cs1. The van der Waals surface area contributed by atoms with Gasteiger partial charge in [0.25, 0.3) is 5.69 Å². The van der Waals surface area contributed by atoms with Crippen LogP contribution < -0.4 is 10.9 Å². The summed E-state index contributed by atoms with van der Waals surface area (Å²) in [5.41, 5.74) is 7.54. The molecular formula is C20H17N3O3S. The molecule has 0 aliphatic rings. The molecule has 0 spiro atoms. The minimum atomic E-state index is -0.495. The van der Waals surface area contributed by atoms with Gasteiger partial charge in [0.2, 0.25) is 5.91 Å². The van der Waals surface area contributed by atoms with E-state index in [0.717, 1.165) is 11.1 Å². The number of amides is 1. The van der Waals surface area contributed by atoms with Crippen molar-refractivity contribution in [3.8, 4) is 0 Å². The van der Waals surface area contributed by atoms with Gasteiger partial charge >= 0.3 is 0 Å². The smallest absolute Gasteiger partial charge is 0.280 e. The molecule has 0 atom stereocenters. The summed E-state index contributed by atoms with van der Waals surface area (Å²) in [5, 5.41) is 12.2. The van der Waals surface area contributed by atoms with Crippen molar-refractivity contribution in [2.75, 3.05) is 0 Å². The van der Waals surface area contributed by atoms with Crippen molar-refractivity contribution < 1.29 is 9.72 Å². The number of carbonyl (C=O) groups is 1. The molecule has 0 bridgehead atoms.